The van der Waals surface area contributed by atoms with Crippen molar-refractivity contribution in [2.45, 2.75) is 22.6 Å². The average molecular weight is 552 g/mol. The van der Waals surface area contributed by atoms with Crippen molar-refractivity contribution in [1.82, 2.24) is 9.88 Å². The number of aromatic nitrogens is 1. The molecule has 3 N–H and O–H groups in total. The first kappa shape index (κ1) is 23.7. The summed E-state index contributed by atoms with van der Waals surface area (Å²) in [5, 5.41) is 14.1. The van der Waals surface area contributed by atoms with Crippen LogP contribution < -0.4 is 10.2 Å². The number of rotatable bonds is 4. The van der Waals surface area contributed by atoms with Gasteiger partial charge in [-0.25, -0.2) is 4.39 Å². The van der Waals surface area contributed by atoms with E-state index in [0.717, 1.165) is 31.7 Å². The van der Waals surface area contributed by atoms with Gasteiger partial charge >= 0.3 is 4.87 Å². The third-order valence-corrected chi connectivity index (χ3v) is 11.1. The molecule has 0 spiro atoms. The van der Waals surface area contributed by atoms with E-state index in [1.807, 2.05) is 12.1 Å². The maximum atomic E-state index is 13.6. The van der Waals surface area contributed by atoms with Gasteiger partial charge in [0.15, 0.2) is 0 Å². The minimum atomic E-state index is -0.529. The quantitative estimate of drug-likeness (QED) is 0.428. The Hall–Kier alpha value is -3.44. The molecule has 7 atom stereocenters. The molecule has 38 heavy (non-hydrogen) atoms. The van der Waals surface area contributed by atoms with E-state index >= 15 is 0 Å². The second-order valence-corrected chi connectivity index (χ2v) is 12.5. The van der Waals surface area contributed by atoms with Crippen LogP contribution in [0.2, 0.25) is 0 Å². The number of thioether (sulfide) groups is 1. The lowest BCUT2D eigenvalue weighted by molar-refractivity contribution is -0.143. The van der Waals surface area contributed by atoms with Crippen LogP contribution in [0.25, 0.3) is 0 Å². The Kier molecular flexibility index (Phi) is 5.31. The fraction of sp³-hybridized carbons (Fsp3) is 0.333. The topological polar surface area (TPSA) is 120 Å². The highest BCUT2D eigenvalue weighted by atomic mass is 32.2. The Labute approximate surface area is 224 Å². The predicted molar refractivity (Wildman–Crippen MR) is 138 cm³/mol. The van der Waals surface area contributed by atoms with Crippen LogP contribution >= 0.6 is 23.1 Å². The molecule has 1 saturated heterocycles. The van der Waals surface area contributed by atoms with E-state index in [2.05, 4.69) is 10.3 Å². The number of aromatic hydroxyl groups is 1. The van der Waals surface area contributed by atoms with Gasteiger partial charge in [0.05, 0.1) is 16.9 Å². The van der Waals surface area contributed by atoms with Crippen molar-refractivity contribution in [3.63, 3.8) is 0 Å². The Bertz CT molecular complexity index is 1550. The number of thiazole rings is 1. The number of carbonyl (C=O) groups excluding carboxylic acids is 3. The molecule has 7 rings (SSSR count). The molecule has 1 aromatic heterocycles. The Morgan fingerprint density at radius 1 is 1.05 bits per heavy atom. The number of hydrogen-bond donors (Lipinski definition) is 3. The van der Waals surface area contributed by atoms with Gasteiger partial charge in [-0.3, -0.25) is 24.1 Å². The third-order valence-electron chi connectivity index (χ3n) is 8.52. The molecule has 2 aliphatic heterocycles. The predicted octanol–water partition coefficient (Wildman–Crippen LogP) is 3.39. The lowest BCUT2D eigenvalue weighted by Crippen LogP contribution is -2.42. The lowest BCUT2D eigenvalue weighted by atomic mass is 9.68. The first-order chi connectivity index (χ1) is 18.3. The van der Waals surface area contributed by atoms with Gasteiger partial charge in [-0.15, -0.1) is 11.8 Å². The van der Waals surface area contributed by atoms with E-state index < -0.39 is 30.1 Å². The highest BCUT2D eigenvalue weighted by Crippen LogP contribution is 2.68. The van der Waals surface area contributed by atoms with Crippen LogP contribution in [0.5, 0.6) is 5.75 Å². The molecule has 2 aliphatic carbocycles. The van der Waals surface area contributed by atoms with Gasteiger partial charge in [-0.05, 0) is 54.5 Å². The van der Waals surface area contributed by atoms with Crippen molar-refractivity contribution >= 4 is 46.5 Å². The molecule has 3 aromatic rings. The van der Waals surface area contributed by atoms with Crippen LogP contribution in [0.3, 0.4) is 0 Å². The normalized spacial score (nSPS) is 30.8. The molecule has 3 fully saturated rings. The summed E-state index contributed by atoms with van der Waals surface area (Å²) in [6.07, 6.45) is 0.716. The number of nitrogens with zero attached hydrogens (tertiary/aromatic N) is 1. The van der Waals surface area contributed by atoms with E-state index in [1.165, 1.54) is 24.3 Å². The van der Waals surface area contributed by atoms with Gasteiger partial charge in [-0.1, -0.05) is 29.5 Å². The van der Waals surface area contributed by atoms with Gasteiger partial charge in [0.25, 0.3) is 0 Å². The number of para-hydroxylation sites is 1. The second kappa shape index (κ2) is 8.54. The van der Waals surface area contributed by atoms with Gasteiger partial charge < -0.3 is 15.4 Å². The van der Waals surface area contributed by atoms with Gasteiger partial charge in [-0.2, -0.15) is 0 Å². The Morgan fingerprint density at radius 2 is 1.76 bits per heavy atom. The number of phenols is 1. The molecule has 4 aliphatic rings. The highest BCUT2D eigenvalue weighted by molar-refractivity contribution is 8.00. The number of carbonyl (C=O) groups is 3. The number of likely N-dealkylation sites (tertiary alicyclic amines) is 1. The molecule has 7 unspecified atom stereocenters. The van der Waals surface area contributed by atoms with Gasteiger partial charge in [0, 0.05) is 27.3 Å². The largest absolute Gasteiger partial charge is 0.508 e. The smallest absolute Gasteiger partial charge is 0.305 e. The Morgan fingerprint density at radius 3 is 2.50 bits per heavy atom. The first-order valence-corrected chi connectivity index (χ1v) is 14.1. The fourth-order valence-corrected chi connectivity index (χ4v) is 10.1. The van der Waals surface area contributed by atoms with Crippen molar-refractivity contribution in [2.24, 2.45) is 29.6 Å². The number of nitrogens with one attached hydrogen (secondary N) is 2. The zero-order chi connectivity index (χ0) is 26.3. The monoisotopic (exact) mass is 551 g/mol. The molecule has 0 radical (unpaired) electrons. The SMILES string of the molecule is O=C(CN1C(=O)C2C3CC(C2C1=O)C1C(c2ccccc2O)c2sc(=O)[nH]c2SC31)Nc1ccc(F)cc1. The molecular weight excluding hydrogens is 529 g/mol. The number of phenolic OH excluding ortho intramolecular Hbond substituents is 1. The summed E-state index contributed by atoms with van der Waals surface area (Å²) in [4.78, 5) is 56.9. The zero-order valence-electron chi connectivity index (χ0n) is 19.8. The van der Waals surface area contributed by atoms with Crippen LogP contribution in [0.1, 0.15) is 22.8 Å². The lowest BCUT2D eigenvalue weighted by Gasteiger charge is -2.43. The van der Waals surface area contributed by atoms with Crippen molar-refractivity contribution in [2.75, 3.05) is 11.9 Å². The molecule has 3 heterocycles. The van der Waals surface area contributed by atoms with Crippen LogP contribution in [0.4, 0.5) is 10.1 Å². The van der Waals surface area contributed by atoms with Crippen molar-refractivity contribution in [3.05, 3.63) is 74.5 Å². The fourth-order valence-electron chi connectivity index (χ4n) is 7.21. The molecule has 194 valence electrons. The summed E-state index contributed by atoms with van der Waals surface area (Å²) in [7, 11) is 0. The summed E-state index contributed by atoms with van der Waals surface area (Å²) in [5.41, 5.74) is 1.10. The van der Waals surface area contributed by atoms with E-state index in [1.54, 1.807) is 23.9 Å². The van der Waals surface area contributed by atoms with E-state index in [-0.39, 0.29) is 51.4 Å². The number of benzene rings is 2. The second-order valence-electron chi connectivity index (χ2n) is 10.3. The summed E-state index contributed by atoms with van der Waals surface area (Å²) >= 11 is 2.70. The van der Waals surface area contributed by atoms with Crippen molar-refractivity contribution < 1.29 is 23.9 Å². The average Bonchev–Trinajstić information content (AvgIpc) is 3.62. The van der Waals surface area contributed by atoms with Gasteiger partial charge in [0.1, 0.15) is 18.1 Å². The van der Waals surface area contributed by atoms with Crippen LogP contribution in [-0.4, -0.2) is 44.5 Å². The summed E-state index contributed by atoms with van der Waals surface area (Å²) in [6.45, 7) is -0.395. The van der Waals surface area contributed by atoms with Gasteiger partial charge in [0.2, 0.25) is 17.7 Å². The third kappa shape index (κ3) is 3.41. The van der Waals surface area contributed by atoms with E-state index in [4.69, 9.17) is 0 Å². The molecule has 11 heteroatoms. The number of H-pyrrole nitrogens is 1. The molecule has 2 aromatic carbocycles. The van der Waals surface area contributed by atoms with Crippen molar-refractivity contribution in [3.8, 4) is 5.75 Å². The number of hydrogen-bond acceptors (Lipinski definition) is 7. The minimum Gasteiger partial charge on any atom is -0.508 e. The maximum absolute atomic E-state index is 13.6. The summed E-state index contributed by atoms with van der Waals surface area (Å²) in [5.74, 6) is -3.01. The number of amides is 3. The standard InChI is InChI=1S/C27H22FN3O5S2/c28-11-5-7-12(8-6-11)29-17(33)10-31-25(34)20-14-9-15(21(20)26(31)35)22-19(14)18(13-3-1-2-4-16(13)32)23-24(37-22)30-27(36)38-23/h1-8,14-15,18-22,32H,9-10H2,(H,29,33)(H,30,36). The molecule has 2 bridgehead atoms. The number of halogens is 1. The van der Waals surface area contributed by atoms with Crippen molar-refractivity contribution in [1.29, 1.82) is 0 Å². The van der Waals surface area contributed by atoms with E-state index in [0.29, 0.717) is 12.1 Å². The maximum Gasteiger partial charge on any atom is 0.305 e. The summed E-state index contributed by atoms with van der Waals surface area (Å²) in [6, 6.07) is 12.4. The van der Waals surface area contributed by atoms with Crippen LogP contribution in [0, 0.1) is 35.4 Å². The van der Waals surface area contributed by atoms with Crippen LogP contribution in [-0.2, 0) is 14.4 Å². The number of imide groups is 1. The number of anilines is 1. The first-order valence-electron chi connectivity index (χ1n) is 12.4. The molecule has 3 amide bonds. The number of aromatic amines is 1. The Balaban J connectivity index is 1.20. The van der Waals surface area contributed by atoms with Crippen LogP contribution in [0.15, 0.2) is 58.4 Å². The summed E-state index contributed by atoms with van der Waals surface area (Å²) < 4.78 is 13.2. The zero-order valence-corrected chi connectivity index (χ0v) is 21.4. The van der Waals surface area contributed by atoms with E-state index in [9.17, 15) is 28.7 Å². The number of fused-ring (bicyclic) bond motifs is 9. The highest BCUT2D eigenvalue weighted by Gasteiger charge is 2.69. The molecule has 2 saturated carbocycles. The minimum absolute atomic E-state index is 0.00616. The molecule has 8 nitrogen and oxygen atoms in total. The molecular formula is C27H22FN3O5S2.